The lowest BCUT2D eigenvalue weighted by Crippen LogP contribution is -2.46. The zero-order valence-electron chi connectivity index (χ0n) is 22.0. The molecule has 0 bridgehead atoms. The maximum absolute atomic E-state index is 12.9. The first-order valence-corrected chi connectivity index (χ1v) is 12.9. The number of rotatable bonds is 6. The topological polar surface area (TPSA) is 85.7 Å². The van der Waals surface area contributed by atoms with Crippen LogP contribution in [0, 0.1) is 0 Å². The van der Waals surface area contributed by atoms with Crippen molar-refractivity contribution in [3.05, 3.63) is 78.6 Å². The first kappa shape index (κ1) is 25.3. The summed E-state index contributed by atoms with van der Waals surface area (Å²) >= 11 is 0. The van der Waals surface area contributed by atoms with Gasteiger partial charge in [-0.25, -0.2) is 9.78 Å². The van der Waals surface area contributed by atoms with Gasteiger partial charge in [0.1, 0.15) is 5.82 Å². The van der Waals surface area contributed by atoms with E-state index in [0.29, 0.717) is 11.4 Å². The van der Waals surface area contributed by atoms with E-state index in [4.69, 9.17) is 0 Å². The number of carbonyl (C=O) groups is 2. The smallest absolute Gasteiger partial charge is 0.325 e. The van der Waals surface area contributed by atoms with Crippen molar-refractivity contribution in [1.29, 1.82) is 0 Å². The van der Waals surface area contributed by atoms with Gasteiger partial charge >= 0.3 is 6.03 Å². The molecular formula is C29H33N7O2. The Morgan fingerprint density at radius 3 is 2.39 bits per heavy atom. The van der Waals surface area contributed by atoms with Gasteiger partial charge in [-0.1, -0.05) is 6.92 Å². The summed E-state index contributed by atoms with van der Waals surface area (Å²) in [7, 11) is 3.57. The van der Waals surface area contributed by atoms with Crippen molar-refractivity contribution in [3.63, 3.8) is 0 Å². The van der Waals surface area contributed by atoms with Crippen LogP contribution in [0.4, 0.5) is 27.7 Å². The third kappa shape index (κ3) is 5.19. The zero-order chi connectivity index (χ0) is 26.6. The summed E-state index contributed by atoms with van der Waals surface area (Å²) in [6.45, 7) is 7.39. The van der Waals surface area contributed by atoms with Crippen molar-refractivity contribution in [2.24, 2.45) is 0 Å². The van der Waals surface area contributed by atoms with E-state index in [1.54, 1.807) is 24.0 Å². The summed E-state index contributed by atoms with van der Waals surface area (Å²) < 4.78 is 1.58. The number of piperazine rings is 1. The molecule has 0 aliphatic carbocycles. The van der Waals surface area contributed by atoms with Crippen LogP contribution < -0.4 is 20.4 Å². The van der Waals surface area contributed by atoms with E-state index in [0.717, 1.165) is 60.7 Å². The minimum atomic E-state index is -0.198. The third-order valence-electron chi connectivity index (χ3n) is 7.18. The molecule has 196 valence electrons. The number of amides is 2. The van der Waals surface area contributed by atoms with Gasteiger partial charge in [-0.3, -0.25) is 9.36 Å². The highest BCUT2D eigenvalue weighted by atomic mass is 16.2. The Labute approximate surface area is 222 Å². The number of aromatic nitrogens is 2. The number of carbonyl (C=O) groups excluding carboxylic acids is 2. The monoisotopic (exact) mass is 511 g/mol. The van der Waals surface area contributed by atoms with Crippen LogP contribution in [0.25, 0.3) is 10.9 Å². The Hall–Kier alpha value is -4.37. The number of fused-ring (bicyclic) bond motifs is 1. The summed E-state index contributed by atoms with van der Waals surface area (Å²) in [5, 5.41) is 6.53. The lowest BCUT2D eigenvalue weighted by Gasteiger charge is -2.35. The number of nitrogens with zero attached hydrogens (tertiary/aromatic N) is 5. The van der Waals surface area contributed by atoms with Crippen molar-refractivity contribution < 1.29 is 9.59 Å². The highest BCUT2D eigenvalue weighted by molar-refractivity contribution is 6.04. The van der Waals surface area contributed by atoms with Gasteiger partial charge in [0.15, 0.2) is 0 Å². The van der Waals surface area contributed by atoms with Crippen molar-refractivity contribution >= 4 is 45.7 Å². The predicted molar refractivity (Wildman–Crippen MR) is 153 cm³/mol. The Bertz CT molecular complexity index is 1440. The molecule has 0 saturated carbocycles. The number of anilines is 4. The van der Waals surface area contributed by atoms with E-state index in [-0.39, 0.29) is 11.9 Å². The molecule has 1 aliphatic rings. The molecule has 9 nitrogen and oxygen atoms in total. The lowest BCUT2D eigenvalue weighted by atomic mass is 10.1. The number of nitrogens with one attached hydrogen (secondary N) is 2. The maximum atomic E-state index is 12.9. The number of benzene rings is 2. The standard InChI is InChI=1S/C29H33N7O2/c1-4-34-15-17-35(18-16-34)23-7-5-21(6-8-23)28(37)32-27-20-25(11-13-31-27)33(3)24-9-10-26-22(19-24)12-14-36(26)29(38)30-2/h5-14,19-20H,4,15-18H2,1-3H3,(H,30,38)(H,31,32,37). The number of hydrogen-bond donors (Lipinski definition) is 2. The average Bonchev–Trinajstić information content (AvgIpc) is 3.40. The minimum absolute atomic E-state index is 0.180. The van der Waals surface area contributed by atoms with Crippen molar-refractivity contribution in [3.8, 4) is 0 Å². The van der Waals surface area contributed by atoms with Gasteiger partial charge in [-0.2, -0.15) is 0 Å². The largest absolute Gasteiger partial charge is 0.369 e. The summed E-state index contributed by atoms with van der Waals surface area (Å²) in [4.78, 5) is 36.2. The van der Waals surface area contributed by atoms with Crippen molar-refractivity contribution in [1.82, 2.24) is 19.8 Å². The first-order chi connectivity index (χ1) is 18.5. The van der Waals surface area contributed by atoms with Crippen LogP contribution in [-0.4, -0.2) is 73.2 Å². The van der Waals surface area contributed by atoms with Gasteiger partial charge in [0.05, 0.1) is 5.52 Å². The minimum Gasteiger partial charge on any atom is -0.369 e. The van der Waals surface area contributed by atoms with E-state index >= 15 is 0 Å². The molecule has 1 saturated heterocycles. The van der Waals surface area contributed by atoms with Crippen LogP contribution in [0.15, 0.2) is 73.1 Å². The molecule has 0 radical (unpaired) electrons. The van der Waals surface area contributed by atoms with Crippen LogP contribution in [0.3, 0.4) is 0 Å². The molecule has 2 aromatic heterocycles. The van der Waals surface area contributed by atoms with Crippen molar-refractivity contribution in [2.75, 3.05) is 61.9 Å². The molecule has 0 atom stereocenters. The highest BCUT2D eigenvalue weighted by Gasteiger charge is 2.17. The van der Waals surface area contributed by atoms with E-state index in [9.17, 15) is 9.59 Å². The Kier molecular flexibility index (Phi) is 7.28. The van der Waals surface area contributed by atoms with Crippen LogP contribution in [0.1, 0.15) is 17.3 Å². The molecule has 0 unspecified atom stereocenters. The molecule has 2 aromatic carbocycles. The van der Waals surface area contributed by atoms with Crippen LogP contribution in [0.2, 0.25) is 0 Å². The van der Waals surface area contributed by atoms with Gasteiger partial charge in [-0.15, -0.1) is 0 Å². The summed E-state index contributed by atoms with van der Waals surface area (Å²) in [5.41, 5.74) is 4.39. The molecule has 2 N–H and O–H groups in total. The SMILES string of the molecule is CCN1CCN(c2ccc(C(=O)Nc3cc(N(C)c4ccc5c(ccn5C(=O)NC)c4)ccn3)cc2)CC1. The second-order valence-electron chi connectivity index (χ2n) is 9.36. The summed E-state index contributed by atoms with van der Waals surface area (Å²) in [6.07, 6.45) is 3.44. The van der Waals surface area contributed by atoms with Gasteiger partial charge in [0, 0.05) is 86.7 Å². The molecule has 1 fully saturated rings. The van der Waals surface area contributed by atoms with E-state index < -0.39 is 0 Å². The molecule has 4 aromatic rings. The quantitative estimate of drug-likeness (QED) is 0.400. The Balaban J connectivity index is 1.26. The fraction of sp³-hybridized carbons (Fsp3) is 0.276. The van der Waals surface area contributed by atoms with Gasteiger partial charge in [0.25, 0.3) is 5.91 Å². The highest BCUT2D eigenvalue weighted by Crippen LogP contribution is 2.29. The lowest BCUT2D eigenvalue weighted by molar-refractivity contribution is 0.102. The molecular weight excluding hydrogens is 478 g/mol. The number of pyridine rings is 1. The maximum Gasteiger partial charge on any atom is 0.325 e. The Morgan fingerprint density at radius 2 is 1.68 bits per heavy atom. The molecule has 3 heterocycles. The predicted octanol–water partition coefficient (Wildman–Crippen LogP) is 4.39. The van der Waals surface area contributed by atoms with Crippen molar-refractivity contribution in [2.45, 2.75) is 6.92 Å². The fourth-order valence-electron chi connectivity index (χ4n) is 4.82. The molecule has 2 amide bonds. The zero-order valence-corrected chi connectivity index (χ0v) is 22.0. The molecule has 38 heavy (non-hydrogen) atoms. The van der Waals surface area contributed by atoms with Crippen LogP contribution in [-0.2, 0) is 0 Å². The molecule has 9 heteroatoms. The second-order valence-corrected chi connectivity index (χ2v) is 9.36. The second kappa shape index (κ2) is 10.9. The summed E-state index contributed by atoms with van der Waals surface area (Å²) in [5.74, 6) is 0.280. The fourth-order valence-corrected chi connectivity index (χ4v) is 4.82. The first-order valence-electron chi connectivity index (χ1n) is 12.9. The van der Waals surface area contributed by atoms with Crippen LogP contribution in [0.5, 0.6) is 0 Å². The average molecular weight is 512 g/mol. The summed E-state index contributed by atoms with van der Waals surface area (Å²) in [6, 6.07) is 19.1. The van der Waals surface area contributed by atoms with E-state index in [1.165, 1.54) is 0 Å². The van der Waals surface area contributed by atoms with E-state index in [1.807, 2.05) is 72.6 Å². The molecule has 5 rings (SSSR count). The number of likely N-dealkylation sites (N-methyl/N-ethyl adjacent to an activating group) is 1. The Morgan fingerprint density at radius 1 is 0.947 bits per heavy atom. The number of hydrogen-bond acceptors (Lipinski definition) is 6. The van der Waals surface area contributed by atoms with Gasteiger partial charge in [-0.05, 0) is 61.1 Å². The van der Waals surface area contributed by atoms with E-state index in [2.05, 4.69) is 32.3 Å². The third-order valence-corrected chi connectivity index (χ3v) is 7.18. The molecule has 1 aliphatic heterocycles. The van der Waals surface area contributed by atoms with Gasteiger partial charge in [0.2, 0.25) is 0 Å². The normalized spacial score (nSPS) is 13.9. The van der Waals surface area contributed by atoms with Crippen LogP contribution >= 0.6 is 0 Å². The molecule has 0 spiro atoms. The van der Waals surface area contributed by atoms with Gasteiger partial charge < -0.3 is 25.3 Å².